The minimum atomic E-state index is 0.654. The third kappa shape index (κ3) is 6.22. The van der Waals surface area contributed by atoms with Crippen LogP contribution in [-0.2, 0) is 0 Å². The Balaban J connectivity index is 1.15. The van der Waals surface area contributed by atoms with Crippen LogP contribution < -0.4 is 0 Å². The highest BCUT2D eigenvalue weighted by molar-refractivity contribution is 5.78. The number of hydrogen-bond donors (Lipinski definition) is 0. The topological polar surface area (TPSA) is 64.5 Å². The van der Waals surface area contributed by atoms with Crippen molar-refractivity contribution in [1.29, 1.82) is 0 Å². The van der Waals surface area contributed by atoms with Crippen molar-refractivity contribution in [2.75, 3.05) is 0 Å². The van der Waals surface area contributed by atoms with Gasteiger partial charge in [0.2, 0.25) is 0 Å². The van der Waals surface area contributed by atoms with Crippen LogP contribution in [0.5, 0.6) is 0 Å². The van der Waals surface area contributed by atoms with Crippen LogP contribution in [0.3, 0.4) is 0 Å². The fraction of sp³-hybridized carbons (Fsp3) is 0.0465. The van der Waals surface area contributed by atoms with Gasteiger partial charge in [0.1, 0.15) is 0 Å². The summed E-state index contributed by atoms with van der Waals surface area (Å²) in [6, 6.07) is 47.6. The van der Waals surface area contributed by atoms with E-state index in [1.165, 1.54) is 0 Å². The summed E-state index contributed by atoms with van der Waals surface area (Å²) in [5, 5.41) is 0. The molecule has 0 radical (unpaired) electrons. The van der Waals surface area contributed by atoms with E-state index in [1.807, 2.05) is 54.6 Å². The summed E-state index contributed by atoms with van der Waals surface area (Å²) in [5.74, 6) is 2.02. The fourth-order valence-corrected chi connectivity index (χ4v) is 5.92. The molecule has 3 heterocycles. The first-order valence-electron chi connectivity index (χ1n) is 16.2. The average Bonchev–Trinajstić information content (AvgIpc) is 3.19. The van der Waals surface area contributed by atoms with Crippen LogP contribution in [0.25, 0.3) is 73.2 Å². The highest BCUT2D eigenvalue weighted by atomic mass is 15.0. The van der Waals surface area contributed by atoms with E-state index < -0.39 is 0 Å². The Kier molecular flexibility index (Phi) is 7.99. The van der Waals surface area contributed by atoms with Crippen molar-refractivity contribution in [2.45, 2.75) is 12.8 Å². The largest absolute Gasteiger partial charge is 0.255 e. The molecule has 5 nitrogen and oxygen atoms in total. The van der Waals surface area contributed by atoms with E-state index in [9.17, 15) is 0 Å². The minimum Gasteiger partial charge on any atom is -0.255 e. The molecular weight excluding hydrogens is 587 g/mol. The molecule has 0 aliphatic heterocycles. The van der Waals surface area contributed by atoms with Gasteiger partial charge in [0.15, 0.2) is 17.5 Å². The van der Waals surface area contributed by atoms with Crippen molar-refractivity contribution in [3.05, 3.63) is 170 Å². The minimum absolute atomic E-state index is 0.654. The molecule has 0 unspecified atom stereocenters. The quantitative estimate of drug-likeness (QED) is 0.178. The lowest BCUT2D eigenvalue weighted by atomic mass is 9.98. The van der Waals surface area contributed by atoms with Gasteiger partial charge >= 0.3 is 0 Å². The van der Waals surface area contributed by atoms with E-state index in [1.54, 1.807) is 6.20 Å². The molecule has 7 aromatic rings. The van der Waals surface area contributed by atoms with Gasteiger partial charge in [0.25, 0.3) is 0 Å². The van der Waals surface area contributed by atoms with Gasteiger partial charge in [-0.2, -0.15) is 0 Å². The molecule has 8 rings (SSSR count). The maximum atomic E-state index is 5.04. The Morgan fingerprint density at radius 3 is 1.73 bits per heavy atom. The summed E-state index contributed by atoms with van der Waals surface area (Å²) in [6.07, 6.45) is 10.3. The summed E-state index contributed by atoms with van der Waals surface area (Å²) in [6.45, 7) is 0. The zero-order valence-electron chi connectivity index (χ0n) is 26.2. The Hall–Kier alpha value is -6.33. The van der Waals surface area contributed by atoms with Crippen LogP contribution in [0.2, 0.25) is 0 Å². The highest BCUT2D eigenvalue weighted by Gasteiger charge is 2.15. The third-order valence-electron chi connectivity index (χ3n) is 8.42. The van der Waals surface area contributed by atoms with Crippen molar-refractivity contribution < 1.29 is 0 Å². The first-order chi connectivity index (χ1) is 23.8. The molecule has 0 atom stereocenters. The van der Waals surface area contributed by atoms with E-state index in [0.29, 0.717) is 17.5 Å². The highest BCUT2D eigenvalue weighted by Crippen LogP contribution is 2.32. The molecule has 48 heavy (non-hydrogen) atoms. The fourth-order valence-electron chi connectivity index (χ4n) is 5.92. The molecule has 1 aliphatic carbocycles. The second-order valence-corrected chi connectivity index (χ2v) is 11.7. The number of pyridine rings is 2. The summed E-state index contributed by atoms with van der Waals surface area (Å²) >= 11 is 0. The molecule has 228 valence electrons. The first kappa shape index (κ1) is 29.1. The van der Waals surface area contributed by atoms with E-state index in [0.717, 1.165) is 74.4 Å². The van der Waals surface area contributed by atoms with E-state index in [2.05, 4.69) is 108 Å². The Morgan fingerprint density at radius 2 is 1.00 bits per heavy atom. The van der Waals surface area contributed by atoms with Gasteiger partial charge in [0, 0.05) is 28.5 Å². The van der Waals surface area contributed by atoms with Crippen molar-refractivity contribution in [3.63, 3.8) is 0 Å². The number of allylic oxidation sites excluding steroid dienone is 4. The van der Waals surface area contributed by atoms with Crippen molar-refractivity contribution in [1.82, 2.24) is 24.9 Å². The molecule has 3 aromatic heterocycles. The first-order valence-corrected chi connectivity index (χ1v) is 16.2. The van der Waals surface area contributed by atoms with Crippen molar-refractivity contribution in [3.8, 4) is 67.7 Å². The number of aromatic nitrogens is 5. The molecule has 0 bridgehead atoms. The number of rotatable bonds is 7. The maximum absolute atomic E-state index is 5.04. The molecule has 0 saturated carbocycles. The molecular formula is C43H31N5. The normalized spacial score (nSPS) is 12.5. The molecule has 4 aromatic carbocycles. The summed E-state index contributed by atoms with van der Waals surface area (Å²) in [5.41, 5.74) is 11.0. The predicted octanol–water partition coefficient (Wildman–Crippen LogP) is 10.4. The zero-order chi connectivity index (χ0) is 32.1. The summed E-state index contributed by atoms with van der Waals surface area (Å²) < 4.78 is 0. The van der Waals surface area contributed by atoms with Gasteiger partial charge in [-0.25, -0.2) is 19.9 Å². The standard InChI is InChI=1S/C43H31N5/c1-4-13-30(14-5-1)37-28-39(45-40(29-37)38-21-10-11-26-44-38)32-24-22-31(23-25-32)35-19-12-20-36(27-35)43-47-41(33-15-6-2-7-16-33)46-42(48-43)34-17-8-3-9-18-34/h1-2,4-8,10-29H,3,9H2. The van der Waals surface area contributed by atoms with Gasteiger partial charge in [-0.05, 0) is 65.4 Å². The second-order valence-electron chi connectivity index (χ2n) is 11.7. The van der Waals surface area contributed by atoms with Crippen LogP contribution in [-0.4, -0.2) is 24.9 Å². The zero-order valence-corrected chi connectivity index (χ0v) is 26.2. The Bertz CT molecular complexity index is 2200. The second kappa shape index (κ2) is 13.2. The lowest BCUT2D eigenvalue weighted by Gasteiger charge is -2.12. The van der Waals surface area contributed by atoms with E-state index in [-0.39, 0.29) is 0 Å². The van der Waals surface area contributed by atoms with Crippen molar-refractivity contribution >= 4 is 5.57 Å². The van der Waals surface area contributed by atoms with Gasteiger partial charge in [0.05, 0.1) is 17.1 Å². The summed E-state index contributed by atoms with van der Waals surface area (Å²) in [4.78, 5) is 24.4. The number of hydrogen-bond acceptors (Lipinski definition) is 5. The molecule has 0 spiro atoms. The SMILES string of the molecule is C1=CC(c2nc(-c3ccccc3)nc(-c3cccc(-c4ccc(-c5cc(-c6ccccc6)cc(-c6ccccn6)n5)cc4)c3)n2)=CCC1. The molecule has 0 fully saturated rings. The number of nitrogens with zero attached hydrogens (tertiary/aromatic N) is 5. The maximum Gasteiger partial charge on any atom is 0.164 e. The van der Waals surface area contributed by atoms with Crippen LogP contribution in [0, 0.1) is 0 Å². The van der Waals surface area contributed by atoms with Crippen LogP contribution in [0.15, 0.2) is 164 Å². The monoisotopic (exact) mass is 617 g/mol. The lowest BCUT2D eigenvalue weighted by Crippen LogP contribution is -2.03. The Labute approximate surface area is 280 Å². The van der Waals surface area contributed by atoms with Crippen LogP contribution in [0.1, 0.15) is 18.7 Å². The van der Waals surface area contributed by atoms with Gasteiger partial charge in [-0.3, -0.25) is 4.98 Å². The van der Waals surface area contributed by atoms with E-state index in [4.69, 9.17) is 19.9 Å². The third-order valence-corrected chi connectivity index (χ3v) is 8.42. The lowest BCUT2D eigenvalue weighted by molar-refractivity contribution is 1.01. The molecule has 5 heteroatoms. The average molecular weight is 618 g/mol. The van der Waals surface area contributed by atoms with Gasteiger partial charge < -0.3 is 0 Å². The van der Waals surface area contributed by atoms with Crippen LogP contribution in [0.4, 0.5) is 0 Å². The predicted molar refractivity (Wildman–Crippen MR) is 194 cm³/mol. The van der Waals surface area contributed by atoms with E-state index >= 15 is 0 Å². The Morgan fingerprint density at radius 1 is 0.375 bits per heavy atom. The van der Waals surface area contributed by atoms with Crippen LogP contribution >= 0.6 is 0 Å². The van der Waals surface area contributed by atoms with Crippen molar-refractivity contribution in [2.24, 2.45) is 0 Å². The molecule has 0 saturated heterocycles. The number of benzene rings is 4. The van der Waals surface area contributed by atoms with Gasteiger partial charge in [-0.15, -0.1) is 0 Å². The van der Waals surface area contributed by atoms with Gasteiger partial charge in [-0.1, -0.05) is 127 Å². The smallest absolute Gasteiger partial charge is 0.164 e. The molecule has 0 N–H and O–H groups in total. The molecule has 1 aliphatic rings. The molecule has 0 amide bonds. The summed E-state index contributed by atoms with van der Waals surface area (Å²) in [7, 11) is 0.